The highest BCUT2D eigenvalue weighted by atomic mass is 79.9. The van der Waals surface area contributed by atoms with Gasteiger partial charge in [-0.15, -0.1) is 11.3 Å². The Morgan fingerprint density at radius 1 is 1.38 bits per heavy atom. The number of carboxylic acids is 1. The van der Waals surface area contributed by atoms with Crippen LogP contribution in [0, 0.1) is 0 Å². The zero-order valence-electron chi connectivity index (χ0n) is 10.9. The van der Waals surface area contributed by atoms with Crippen LogP contribution in [0.3, 0.4) is 0 Å². The van der Waals surface area contributed by atoms with Gasteiger partial charge in [0, 0.05) is 10.5 Å². The minimum atomic E-state index is -3.89. The fourth-order valence-electron chi connectivity index (χ4n) is 1.81. The first kappa shape index (κ1) is 16.2. The summed E-state index contributed by atoms with van der Waals surface area (Å²) < 4.78 is 27.9. The molecule has 1 atom stereocenters. The summed E-state index contributed by atoms with van der Waals surface area (Å²) in [5.41, 5.74) is 0.778. The highest BCUT2D eigenvalue weighted by Crippen LogP contribution is 2.25. The SMILES string of the molecule is C[C@H](NS(=O)(=O)c1ccsc1C(=O)O)c1cccc(Br)c1. The predicted molar refractivity (Wildman–Crippen MR) is 84.2 cm³/mol. The summed E-state index contributed by atoms with van der Waals surface area (Å²) >= 11 is 4.21. The summed E-state index contributed by atoms with van der Waals surface area (Å²) in [4.78, 5) is 10.6. The number of aromatic carboxylic acids is 1. The first-order chi connectivity index (χ1) is 9.81. The molecule has 5 nitrogen and oxygen atoms in total. The van der Waals surface area contributed by atoms with Crippen molar-refractivity contribution in [2.24, 2.45) is 0 Å². The number of carbonyl (C=O) groups is 1. The molecule has 1 aromatic heterocycles. The second-order valence-electron chi connectivity index (χ2n) is 4.32. The second-order valence-corrected chi connectivity index (χ2v) is 7.83. The third-order valence-corrected chi connectivity index (χ3v) is 5.90. The maximum absolute atomic E-state index is 12.3. The van der Waals surface area contributed by atoms with Crippen LogP contribution >= 0.6 is 27.3 Å². The van der Waals surface area contributed by atoms with Gasteiger partial charge in [-0.05, 0) is 36.1 Å². The zero-order chi connectivity index (χ0) is 15.6. The van der Waals surface area contributed by atoms with Crippen LogP contribution in [0.2, 0.25) is 0 Å². The van der Waals surface area contributed by atoms with E-state index in [-0.39, 0.29) is 9.77 Å². The first-order valence-corrected chi connectivity index (χ1v) is 9.05. The lowest BCUT2D eigenvalue weighted by molar-refractivity contribution is 0.0698. The molecule has 0 aliphatic carbocycles. The van der Waals surface area contributed by atoms with Gasteiger partial charge in [0.05, 0.1) is 0 Å². The summed E-state index contributed by atoms with van der Waals surface area (Å²) in [6.45, 7) is 1.70. The van der Waals surface area contributed by atoms with E-state index in [1.54, 1.807) is 25.1 Å². The van der Waals surface area contributed by atoms with E-state index in [0.29, 0.717) is 0 Å². The average Bonchev–Trinajstić information content (AvgIpc) is 2.88. The van der Waals surface area contributed by atoms with E-state index in [1.807, 2.05) is 6.07 Å². The van der Waals surface area contributed by atoms with Crippen molar-refractivity contribution in [1.82, 2.24) is 4.72 Å². The Morgan fingerprint density at radius 2 is 2.10 bits per heavy atom. The third-order valence-electron chi connectivity index (χ3n) is 2.79. The molecule has 2 rings (SSSR count). The molecule has 0 spiro atoms. The number of carboxylic acid groups (broad SMARTS) is 1. The summed E-state index contributed by atoms with van der Waals surface area (Å²) in [7, 11) is -3.89. The van der Waals surface area contributed by atoms with E-state index in [0.717, 1.165) is 21.4 Å². The van der Waals surface area contributed by atoms with Crippen LogP contribution < -0.4 is 4.72 Å². The largest absolute Gasteiger partial charge is 0.477 e. The van der Waals surface area contributed by atoms with Gasteiger partial charge in [0.15, 0.2) is 0 Å². The van der Waals surface area contributed by atoms with Crippen LogP contribution in [0.1, 0.15) is 28.2 Å². The van der Waals surface area contributed by atoms with Crippen molar-refractivity contribution >= 4 is 43.3 Å². The Kier molecular flexibility index (Phi) is 4.82. The molecule has 0 saturated carbocycles. The van der Waals surface area contributed by atoms with Gasteiger partial charge in [-0.25, -0.2) is 17.9 Å². The first-order valence-electron chi connectivity index (χ1n) is 5.90. The van der Waals surface area contributed by atoms with Gasteiger partial charge in [-0.1, -0.05) is 28.1 Å². The van der Waals surface area contributed by atoms with Gasteiger partial charge in [0.2, 0.25) is 10.0 Å². The van der Waals surface area contributed by atoms with E-state index in [1.165, 1.54) is 11.4 Å². The lowest BCUT2D eigenvalue weighted by Crippen LogP contribution is -2.27. The molecule has 1 heterocycles. The van der Waals surface area contributed by atoms with E-state index in [4.69, 9.17) is 5.11 Å². The maximum atomic E-state index is 12.3. The standard InChI is InChI=1S/C13H12BrNO4S2/c1-8(9-3-2-4-10(14)7-9)15-21(18,19)11-5-6-20-12(11)13(16)17/h2-8,15H,1H3,(H,16,17)/t8-/m0/s1. The molecule has 0 saturated heterocycles. The van der Waals surface area contributed by atoms with Crippen molar-refractivity contribution in [3.05, 3.63) is 50.6 Å². The Bertz CT molecular complexity index is 770. The molecule has 1 aromatic carbocycles. The molecule has 112 valence electrons. The molecule has 0 bridgehead atoms. The molecule has 2 aromatic rings. The lowest BCUT2D eigenvalue weighted by atomic mass is 10.1. The fraction of sp³-hybridized carbons (Fsp3) is 0.154. The van der Waals surface area contributed by atoms with Crippen LogP contribution in [0.15, 0.2) is 45.1 Å². The number of halogens is 1. The van der Waals surface area contributed by atoms with Crippen LogP contribution in [0.4, 0.5) is 0 Å². The third kappa shape index (κ3) is 3.70. The van der Waals surface area contributed by atoms with Gasteiger partial charge in [0.25, 0.3) is 0 Å². The lowest BCUT2D eigenvalue weighted by Gasteiger charge is -2.14. The summed E-state index contributed by atoms with van der Waals surface area (Å²) in [6, 6.07) is 8.06. The number of nitrogens with one attached hydrogen (secondary N) is 1. The Morgan fingerprint density at radius 3 is 2.71 bits per heavy atom. The zero-order valence-corrected chi connectivity index (χ0v) is 14.1. The summed E-state index contributed by atoms with van der Waals surface area (Å²) in [6.07, 6.45) is 0. The van der Waals surface area contributed by atoms with Gasteiger partial charge >= 0.3 is 5.97 Å². The highest BCUT2D eigenvalue weighted by Gasteiger charge is 2.25. The maximum Gasteiger partial charge on any atom is 0.347 e. The van der Waals surface area contributed by atoms with E-state index >= 15 is 0 Å². The Balaban J connectivity index is 2.29. The molecule has 2 N–H and O–H groups in total. The minimum Gasteiger partial charge on any atom is -0.477 e. The molecule has 0 unspecified atom stereocenters. The number of hydrogen-bond donors (Lipinski definition) is 2. The van der Waals surface area contributed by atoms with Gasteiger partial charge in [-0.2, -0.15) is 0 Å². The minimum absolute atomic E-state index is 0.191. The molecular formula is C13H12BrNO4S2. The van der Waals surface area contributed by atoms with Crippen LogP contribution in [0.25, 0.3) is 0 Å². The predicted octanol–water partition coefficient (Wildman–Crippen LogP) is 3.25. The smallest absolute Gasteiger partial charge is 0.347 e. The number of benzene rings is 1. The topological polar surface area (TPSA) is 83.5 Å². The monoisotopic (exact) mass is 389 g/mol. The van der Waals surface area contributed by atoms with Gasteiger partial charge in [0.1, 0.15) is 9.77 Å². The highest BCUT2D eigenvalue weighted by molar-refractivity contribution is 9.10. The van der Waals surface area contributed by atoms with E-state index in [2.05, 4.69) is 20.7 Å². The van der Waals surface area contributed by atoms with E-state index < -0.39 is 22.0 Å². The molecule has 21 heavy (non-hydrogen) atoms. The molecule has 0 fully saturated rings. The quantitative estimate of drug-likeness (QED) is 0.821. The van der Waals surface area contributed by atoms with Crippen molar-refractivity contribution < 1.29 is 18.3 Å². The van der Waals surface area contributed by atoms with Crippen LogP contribution in [0.5, 0.6) is 0 Å². The number of sulfonamides is 1. The molecule has 0 aliphatic rings. The molecule has 0 aliphatic heterocycles. The van der Waals surface area contributed by atoms with Crippen molar-refractivity contribution in [3.8, 4) is 0 Å². The summed E-state index contributed by atoms with van der Waals surface area (Å²) in [5.74, 6) is -1.25. The Labute approximate surface area is 134 Å². The number of rotatable bonds is 5. The molecule has 8 heteroatoms. The normalized spacial score (nSPS) is 13.0. The van der Waals surface area contributed by atoms with Crippen molar-refractivity contribution in [2.75, 3.05) is 0 Å². The number of hydrogen-bond acceptors (Lipinski definition) is 4. The van der Waals surface area contributed by atoms with Crippen molar-refractivity contribution in [2.45, 2.75) is 17.9 Å². The molecule has 0 amide bonds. The Hall–Kier alpha value is -1.22. The van der Waals surface area contributed by atoms with Gasteiger partial charge < -0.3 is 5.11 Å². The molecular weight excluding hydrogens is 378 g/mol. The van der Waals surface area contributed by atoms with Crippen LogP contribution in [-0.4, -0.2) is 19.5 Å². The average molecular weight is 390 g/mol. The second kappa shape index (κ2) is 6.27. The fourth-order valence-corrected chi connectivity index (χ4v) is 4.71. The van der Waals surface area contributed by atoms with Gasteiger partial charge in [-0.3, -0.25) is 0 Å². The summed E-state index contributed by atoms with van der Waals surface area (Å²) in [5, 5.41) is 10.5. The van der Waals surface area contributed by atoms with E-state index in [9.17, 15) is 13.2 Å². The van der Waals surface area contributed by atoms with Crippen LogP contribution in [-0.2, 0) is 10.0 Å². The molecule has 0 radical (unpaired) electrons. The number of thiophene rings is 1. The van der Waals surface area contributed by atoms with Crippen molar-refractivity contribution in [1.29, 1.82) is 0 Å². The van der Waals surface area contributed by atoms with Crippen molar-refractivity contribution in [3.63, 3.8) is 0 Å².